The van der Waals surface area contributed by atoms with Crippen molar-refractivity contribution in [2.45, 2.75) is 0 Å². The van der Waals surface area contributed by atoms with E-state index in [4.69, 9.17) is 9.47 Å². The summed E-state index contributed by atoms with van der Waals surface area (Å²) in [5, 5.41) is 0. The Morgan fingerprint density at radius 3 is 3.00 bits per heavy atom. The second-order valence-corrected chi connectivity index (χ2v) is 3.06. The van der Waals surface area contributed by atoms with Crippen molar-refractivity contribution in [3.63, 3.8) is 0 Å². The predicted octanol–water partition coefficient (Wildman–Crippen LogP) is 2.01. The minimum Gasteiger partial charge on any atom is -0.454 e. The molecule has 3 nitrogen and oxygen atoms in total. The topological polar surface area (TPSA) is 23.4 Å². The van der Waals surface area contributed by atoms with E-state index in [0.29, 0.717) is 6.79 Å². The third kappa shape index (κ3) is 1.06. The first kappa shape index (κ1) is 7.50. The number of benzene rings is 1. The Kier molecular flexibility index (Phi) is 1.50. The smallest absolute Gasteiger partial charge is 0.231 e. The van der Waals surface area contributed by atoms with Gasteiger partial charge in [0.15, 0.2) is 11.5 Å². The fraction of sp³-hybridized carbons (Fsp3) is 0.0909. The van der Waals surface area contributed by atoms with Crippen molar-refractivity contribution in [2.75, 3.05) is 6.79 Å². The lowest BCUT2D eigenvalue weighted by Gasteiger charge is -2.03. The van der Waals surface area contributed by atoms with Crippen LogP contribution in [0.4, 0.5) is 0 Å². The second kappa shape index (κ2) is 2.80. The van der Waals surface area contributed by atoms with Crippen LogP contribution in [0, 0.1) is 6.07 Å². The highest BCUT2D eigenvalue weighted by Gasteiger charge is 2.13. The minimum absolute atomic E-state index is 0.316. The fourth-order valence-electron chi connectivity index (χ4n) is 1.50. The highest BCUT2D eigenvalue weighted by molar-refractivity contribution is 5.50. The second-order valence-electron chi connectivity index (χ2n) is 3.06. The first-order valence-electron chi connectivity index (χ1n) is 4.37. The van der Waals surface area contributed by atoms with E-state index < -0.39 is 0 Å². The lowest BCUT2D eigenvalue weighted by atomic mass is 10.3. The highest BCUT2D eigenvalue weighted by atomic mass is 16.7. The molecule has 14 heavy (non-hydrogen) atoms. The van der Waals surface area contributed by atoms with E-state index in [2.05, 4.69) is 6.07 Å². The van der Waals surface area contributed by atoms with Crippen molar-refractivity contribution < 1.29 is 9.47 Å². The van der Waals surface area contributed by atoms with Crippen LogP contribution in [0.25, 0.3) is 5.69 Å². The van der Waals surface area contributed by atoms with Gasteiger partial charge < -0.3 is 14.0 Å². The van der Waals surface area contributed by atoms with E-state index in [1.54, 1.807) is 0 Å². The van der Waals surface area contributed by atoms with E-state index in [-0.39, 0.29) is 0 Å². The number of aromatic nitrogens is 1. The summed E-state index contributed by atoms with van der Waals surface area (Å²) < 4.78 is 12.5. The van der Waals surface area contributed by atoms with Gasteiger partial charge in [-0.15, -0.1) is 0 Å². The first-order chi connectivity index (χ1) is 6.93. The molecule has 0 aliphatic carbocycles. The molecule has 2 aromatic rings. The van der Waals surface area contributed by atoms with Gasteiger partial charge in [0.05, 0.1) is 0 Å². The van der Waals surface area contributed by atoms with Crippen molar-refractivity contribution in [3.05, 3.63) is 42.7 Å². The Balaban J connectivity index is 2.09. The van der Waals surface area contributed by atoms with E-state index in [9.17, 15) is 0 Å². The summed E-state index contributed by atoms with van der Waals surface area (Å²) in [5.74, 6) is 1.61. The fourth-order valence-corrected chi connectivity index (χ4v) is 1.50. The van der Waals surface area contributed by atoms with Gasteiger partial charge in [0.1, 0.15) is 0 Å². The van der Waals surface area contributed by atoms with Crippen molar-refractivity contribution >= 4 is 0 Å². The highest BCUT2D eigenvalue weighted by Crippen LogP contribution is 2.33. The first-order valence-corrected chi connectivity index (χ1v) is 4.37. The van der Waals surface area contributed by atoms with Crippen LogP contribution < -0.4 is 9.47 Å². The largest absolute Gasteiger partial charge is 0.454 e. The van der Waals surface area contributed by atoms with E-state index in [0.717, 1.165) is 17.2 Å². The molecule has 1 aromatic carbocycles. The van der Waals surface area contributed by atoms with Gasteiger partial charge in [-0.2, -0.15) is 0 Å². The molecular weight excluding hydrogens is 178 g/mol. The summed E-state index contributed by atoms with van der Waals surface area (Å²) in [5.41, 5.74) is 1.05. The SMILES string of the molecule is [c]1ccn(-c2ccc3c(c2)OCO3)c1. The van der Waals surface area contributed by atoms with E-state index >= 15 is 0 Å². The molecule has 1 aromatic heterocycles. The summed E-state index contributed by atoms with van der Waals surface area (Å²) >= 11 is 0. The summed E-state index contributed by atoms with van der Waals surface area (Å²) in [6.45, 7) is 0.316. The van der Waals surface area contributed by atoms with Gasteiger partial charge in [-0.3, -0.25) is 0 Å². The van der Waals surface area contributed by atoms with Crippen LogP contribution in [0.3, 0.4) is 0 Å². The average Bonchev–Trinajstić information content (AvgIpc) is 2.88. The van der Waals surface area contributed by atoms with Crippen molar-refractivity contribution in [1.29, 1.82) is 0 Å². The molecule has 1 aliphatic heterocycles. The molecule has 0 N–H and O–H groups in total. The monoisotopic (exact) mass is 186 g/mol. The van der Waals surface area contributed by atoms with Crippen LogP contribution >= 0.6 is 0 Å². The van der Waals surface area contributed by atoms with Crippen LogP contribution in [0.15, 0.2) is 36.7 Å². The van der Waals surface area contributed by atoms with Gasteiger partial charge in [-0.25, -0.2) is 0 Å². The van der Waals surface area contributed by atoms with Gasteiger partial charge in [-0.05, 0) is 18.2 Å². The molecule has 2 heterocycles. The molecule has 0 bridgehead atoms. The number of ether oxygens (including phenoxy) is 2. The van der Waals surface area contributed by atoms with Crippen LogP contribution in [0.5, 0.6) is 11.5 Å². The van der Waals surface area contributed by atoms with Crippen molar-refractivity contribution in [2.24, 2.45) is 0 Å². The summed E-state index contributed by atoms with van der Waals surface area (Å²) in [4.78, 5) is 0. The van der Waals surface area contributed by atoms with E-state index in [1.165, 1.54) is 0 Å². The summed E-state index contributed by atoms with van der Waals surface area (Å²) in [6, 6.07) is 10.7. The lowest BCUT2D eigenvalue weighted by molar-refractivity contribution is 0.174. The Morgan fingerprint density at radius 2 is 2.14 bits per heavy atom. The Bertz CT molecular complexity index is 448. The zero-order valence-corrected chi connectivity index (χ0v) is 7.43. The third-order valence-corrected chi connectivity index (χ3v) is 2.20. The Hall–Kier alpha value is -1.90. The quantitative estimate of drug-likeness (QED) is 0.680. The van der Waals surface area contributed by atoms with E-state index in [1.807, 2.05) is 41.2 Å². The maximum absolute atomic E-state index is 5.29. The molecule has 1 radical (unpaired) electrons. The van der Waals surface area contributed by atoms with Gasteiger partial charge >= 0.3 is 0 Å². The van der Waals surface area contributed by atoms with Crippen LogP contribution in [0.2, 0.25) is 0 Å². The molecule has 0 saturated heterocycles. The van der Waals surface area contributed by atoms with Crippen molar-refractivity contribution in [1.82, 2.24) is 4.57 Å². The summed E-state index contributed by atoms with van der Waals surface area (Å²) in [7, 11) is 0. The maximum Gasteiger partial charge on any atom is 0.231 e. The number of hydrogen-bond acceptors (Lipinski definition) is 2. The number of hydrogen-bond donors (Lipinski definition) is 0. The summed E-state index contributed by atoms with van der Waals surface area (Å²) in [6.07, 6.45) is 3.81. The Morgan fingerprint density at radius 1 is 1.21 bits per heavy atom. The molecule has 1 aliphatic rings. The average molecular weight is 186 g/mol. The third-order valence-electron chi connectivity index (χ3n) is 2.20. The van der Waals surface area contributed by atoms with Gasteiger partial charge in [0.2, 0.25) is 6.79 Å². The standard InChI is InChI=1S/C11H8NO2/c1-2-6-12(5-1)9-3-4-10-11(7-9)14-8-13-10/h1,3-7H,8H2. The molecule has 0 fully saturated rings. The predicted molar refractivity (Wildman–Crippen MR) is 50.7 cm³/mol. The number of nitrogens with zero attached hydrogens (tertiary/aromatic N) is 1. The molecular formula is C11H8NO2. The van der Waals surface area contributed by atoms with Gasteiger partial charge in [-0.1, -0.05) is 0 Å². The molecule has 0 atom stereocenters. The number of fused-ring (bicyclic) bond motifs is 1. The van der Waals surface area contributed by atoms with Crippen LogP contribution in [-0.4, -0.2) is 11.4 Å². The molecule has 0 unspecified atom stereocenters. The molecule has 69 valence electrons. The maximum atomic E-state index is 5.29. The van der Waals surface area contributed by atoms with Gasteiger partial charge in [0, 0.05) is 30.2 Å². The zero-order chi connectivity index (χ0) is 9.38. The van der Waals surface area contributed by atoms with Crippen LogP contribution in [0.1, 0.15) is 0 Å². The normalized spacial score (nSPS) is 13.1. The minimum atomic E-state index is 0.316. The zero-order valence-electron chi connectivity index (χ0n) is 7.43. The van der Waals surface area contributed by atoms with Crippen LogP contribution in [-0.2, 0) is 0 Å². The number of rotatable bonds is 1. The Labute approximate surface area is 81.5 Å². The molecule has 3 heteroatoms. The molecule has 0 spiro atoms. The lowest BCUT2D eigenvalue weighted by Crippen LogP contribution is -1.93. The molecule has 3 rings (SSSR count). The van der Waals surface area contributed by atoms with Crippen molar-refractivity contribution in [3.8, 4) is 17.2 Å². The van der Waals surface area contributed by atoms with Gasteiger partial charge in [0.25, 0.3) is 0 Å². The molecule has 0 saturated carbocycles. The molecule has 0 amide bonds.